The molecule has 0 bridgehead atoms. The van der Waals surface area contributed by atoms with Crippen LogP contribution >= 0.6 is 71.3 Å². The molecule has 0 fully saturated rings. The van der Waals surface area contributed by atoms with E-state index >= 15 is 0 Å². The van der Waals surface area contributed by atoms with Gasteiger partial charge in [0, 0.05) is 57.1 Å². The van der Waals surface area contributed by atoms with Crippen LogP contribution in [-0.4, -0.2) is 89.3 Å². The Morgan fingerprint density at radius 2 is 0.702 bits per heavy atom. The summed E-state index contributed by atoms with van der Waals surface area (Å²) in [5.74, 6) is 4.71. The number of hydrogen-bond acceptors (Lipinski definition) is 19. The fraction of sp³-hybridized carbons (Fsp3) is 0.264. The van der Waals surface area contributed by atoms with Gasteiger partial charge in [-0.3, -0.25) is 0 Å². The van der Waals surface area contributed by atoms with Crippen LogP contribution in [0.1, 0.15) is 77.1 Å². The van der Waals surface area contributed by atoms with Crippen molar-refractivity contribution in [2.75, 3.05) is 39.9 Å². The first kappa shape index (κ1) is 111. The van der Waals surface area contributed by atoms with Crippen molar-refractivity contribution in [2.24, 2.45) is 0 Å². The Bertz CT molecular complexity index is 4410. The monoisotopic (exact) mass is 1880 g/mol. The zero-order valence-corrected chi connectivity index (χ0v) is 77.1. The molecule has 8 aromatic carbocycles. The number of benzene rings is 8. The van der Waals surface area contributed by atoms with Crippen LogP contribution in [0, 0.1) is 80.3 Å². The van der Waals surface area contributed by atoms with Crippen molar-refractivity contribution >= 4 is 136 Å². The topological polar surface area (TPSA) is 302 Å². The van der Waals surface area contributed by atoms with Crippen molar-refractivity contribution in [3.8, 4) is 48.8 Å². The molecule has 0 heterocycles. The number of halogens is 3. The number of terminal acetylenes is 1. The Balaban J connectivity index is -0.00000129. The molecule has 0 amide bonds. The summed E-state index contributed by atoms with van der Waals surface area (Å²) in [4.78, 5) is 0. The molecule has 15 nitrogen and oxygen atoms in total. The molecule has 0 spiro atoms. The van der Waals surface area contributed by atoms with Crippen LogP contribution in [0.5, 0.6) is 0 Å². The number of rotatable bonds is 30. The van der Waals surface area contributed by atoms with Crippen LogP contribution in [-0.2, 0) is 111 Å². The second-order valence-corrected chi connectivity index (χ2v) is 36.3. The van der Waals surface area contributed by atoms with Crippen molar-refractivity contribution in [2.45, 2.75) is 94.4 Å². The Kier molecular flexibility index (Phi) is 72.6. The first-order chi connectivity index (χ1) is 54.5. The summed E-state index contributed by atoms with van der Waals surface area (Å²) in [6, 6.07) is 86.9. The zero-order chi connectivity index (χ0) is 84.4. The summed E-state index contributed by atoms with van der Waals surface area (Å²) in [5.41, 5.74) is 7.48. The predicted molar refractivity (Wildman–Crippen MR) is 483 cm³/mol. The summed E-state index contributed by atoms with van der Waals surface area (Å²) in [7, 11) is -14.9. The molecule has 0 aliphatic rings. The molecule has 598 valence electrons. The van der Waals surface area contributed by atoms with E-state index in [1.807, 2.05) is 121 Å². The van der Waals surface area contributed by atoms with Crippen LogP contribution in [0.3, 0.4) is 0 Å². The second-order valence-electron chi connectivity index (χ2n) is 22.7. The van der Waals surface area contributed by atoms with E-state index in [0.717, 1.165) is 44.8 Å². The number of alkyl halides is 3. The Hall–Kier alpha value is -7.18. The van der Waals surface area contributed by atoms with Gasteiger partial charge in [0.05, 0.1) is 101 Å². The van der Waals surface area contributed by atoms with E-state index in [1.165, 1.54) is 34.4 Å². The Labute approximate surface area is 747 Å². The molecule has 27 heteroatoms. The van der Waals surface area contributed by atoms with Gasteiger partial charge in [-0.15, -0.1) is 19.6 Å². The third-order valence-electron chi connectivity index (χ3n) is 13.6. The summed E-state index contributed by atoms with van der Waals surface area (Å²) < 4.78 is 100. The minimum atomic E-state index is -3.76. The molecule has 1 unspecified atom stereocenters. The molecule has 3 atom stereocenters. The van der Waals surface area contributed by atoms with Crippen LogP contribution in [0.4, 0.5) is 0 Å². The van der Waals surface area contributed by atoms with Gasteiger partial charge >= 0.3 is 29.6 Å². The SMILES string of the molecule is C#C/C=C\CBr.C=CCC#N.CC[O-].N#C/C=C/CBr.N#C/C=C/CBr.N#CCC(CSCc1ccccc1)SCc1ccccc1.N#CC[C@@H](CS(=O)(=O)Cc1ccccc1)S(=O)(=O)Cc1ccccc1.N#CC[C@H](CS(=O)(=O)Cc1ccccc1)S(=O)(=O)Cc1ccccc1.[Na+].[S-]Cc1ccccc1.[S-]Cc1ccccc1. The molecule has 0 saturated carbocycles. The van der Waals surface area contributed by atoms with Crippen molar-refractivity contribution in [3.63, 3.8) is 0 Å². The molecule has 0 N–H and O–H groups in total. The quantitative estimate of drug-likeness (QED) is 0.0101. The van der Waals surface area contributed by atoms with E-state index in [2.05, 4.69) is 115 Å². The summed E-state index contributed by atoms with van der Waals surface area (Å²) in [5, 5.41) is 59.5. The smallest absolute Gasteiger partial charge is 0.855 e. The first-order valence-corrected chi connectivity index (χ1v) is 48.3. The maximum atomic E-state index is 12.6. The Morgan fingerprint density at radius 3 is 0.921 bits per heavy atom. The maximum absolute atomic E-state index is 12.6. The molecular weight excluding hydrogens is 1790 g/mol. The molecule has 0 radical (unpaired) electrons. The molecule has 0 saturated heterocycles. The molecular formula is C87H94Br3N6NaO9S8-2. The number of nitriles is 6. The van der Waals surface area contributed by atoms with E-state index in [0.29, 0.717) is 40.3 Å². The summed E-state index contributed by atoms with van der Waals surface area (Å²) >= 11 is 22.8. The minimum absolute atomic E-state index is 0. The van der Waals surface area contributed by atoms with Crippen LogP contribution < -0.4 is 34.7 Å². The van der Waals surface area contributed by atoms with Gasteiger partial charge in [0.2, 0.25) is 0 Å². The third kappa shape index (κ3) is 63.1. The predicted octanol–water partition coefficient (Wildman–Crippen LogP) is 15.5. The average molecular weight is 1890 g/mol. The minimum Gasteiger partial charge on any atom is -0.855 e. The Morgan fingerprint density at radius 1 is 0.430 bits per heavy atom. The van der Waals surface area contributed by atoms with Crippen LogP contribution in [0.2, 0.25) is 0 Å². The van der Waals surface area contributed by atoms with Crippen molar-refractivity contribution in [1.82, 2.24) is 0 Å². The third-order valence-corrected chi connectivity index (χ3v) is 26.0. The number of allylic oxidation sites excluding steroid dienone is 7. The number of hydrogen-bond donors (Lipinski definition) is 0. The fourth-order valence-electron chi connectivity index (χ4n) is 8.43. The number of nitrogens with zero attached hydrogens (tertiary/aromatic N) is 6. The maximum Gasteiger partial charge on any atom is 1.00 e. The van der Waals surface area contributed by atoms with Crippen molar-refractivity contribution in [1.29, 1.82) is 31.6 Å². The molecule has 8 aromatic rings. The molecule has 114 heavy (non-hydrogen) atoms. The standard InChI is InChI=1S/2C18H19NO4S2.C18H19NS2.2C7H8S.C5H5Br.2C4H4BrN.C4H5N.C2H5O.Na/c2*19-12-11-18(25(22,23)14-17-9-5-2-6-10-17)15-24(20,21)13-16-7-3-1-4-8-16;19-12-11-18(21-14-17-9-5-2-6-10-17)15-20-13-16-7-3-1-4-8-16;2*8-6-7-4-2-1-3-5-7;1-2-3-4-5-6;2*5-3-1-2-4-6;1-2-3-4-5;1-2-3;/h2*1-10,18H,11,13-15H2;1-10,18H,11,13-15H2;2*1-5,8H,6H2;1,3-4H,5H2;2*1-2H,3H2;2H,1,3H2;2H2,1H3;/q;;;;;;;;;-1;+1/p-2/b;;;;;4-3-;2*2-1+;;;/t2*18-;;;;;;;;;/m10........./s1. The van der Waals surface area contributed by atoms with Crippen molar-refractivity contribution in [3.05, 3.63) is 336 Å². The van der Waals surface area contributed by atoms with E-state index < -0.39 is 61.4 Å². The van der Waals surface area contributed by atoms with E-state index in [-0.39, 0.29) is 72.0 Å². The van der Waals surface area contributed by atoms with Gasteiger partial charge in [0.1, 0.15) is 0 Å². The number of sulfone groups is 4. The summed E-state index contributed by atoms with van der Waals surface area (Å²) in [6.07, 6.45) is 16.7. The molecule has 0 aliphatic heterocycles. The second kappa shape index (κ2) is 74.6. The van der Waals surface area contributed by atoms with Gasteiger partial charge in [-0.1, -0.05) is 339 Å². The van der Waals surface area contributed by atoms with E-state index in [4.69, 9.17) is 68.4 Å². The van der Waals surface area contributed by atoms with Gasteiger partial charge < -0.3 is 30.4 Å². The van der Waals surface area contributed by atoms with Crippen LogP contribution in [0.25, 0.3) is 0 Å². The molecule has 8 rings (SSSR count). The van der Waals surface area contributed by atoms with Gasteiger partial charge in [-0.2, -0.15) is 66.6 Å². The van der Waals surface area contributed by atoms with Gasteiger partial charge in [-0.25, -0.2) is 33.7 Å². The van der Waals surface area contributed by atoms with Gasteiger partial charge in [0.25, 0.3) is 0 Å². The van der Waals surface area contributed by atoms with Crippen LogP contribution in [0.15, 0.2) is 292 Å². The molecule has 0 aromatic heterocycles. The fourth-order valence-corrected chi connectivity index (χ4v) is 20.1. The summed E-state index contributed by atoms with van der Waals surface area (Å²) in [6.45, 7) is 4.90. The zero-order valence-electron chi connectivity index (χ0n) is 63.8. The normalized spacial score (nSPS) is 10.9. The largest absolute Gasteiger partial charge is 1.00 e. The van der Waals surface area contributed by atoms with E-state index in [1.54, 1.807) is 165 Å². The van der Waals surface area contributed by atoms with E-state index in [9.17, 15) is 33.7 Å². The molecule has 0 aliphatic carbocycles. The van der Waals surface area contributed by atoms with Crippen molar-refractivity contribution < 1.29 is 68.3 Å². The van der Waals surface area contributed by atoms with Gasteiger partial charge in [0.15, 0.2) is 39.3 Å². The van der Waals surface area contributed by atoms with Gasteiger partial charge in [-0.05, 0) is 39.5 Å². The first-order valence-electron chi connectivity index (χ1n) is 34.5. The number of thioether (sulfide) groups is 2. The average Bonchev–Trinajstić information content (AvgIpc) is 0.828.